The number of carbonyl (C=O) groups excluding carboxylic acids is 1. The van der Waals surface area contributed by atoms with E-state index in [4.69, 9.17) is 16.3 Å². The van der Waals surface area contributed by atoms with Gasteiger partial charge >= 0.3 is 6.18 Å². The molecule has 0 fully saturated rings. The smallest absolute Gasteiger partial charge is 0.416 e. The van der Waals surface area contributed by atoms with Crippen LogP contribution in [0.25, 0.3) is 0 Å². The van der Waals surface area contributed by atoms with Gasteiger partial charge in [0.15, 0.2) is 12.4 Å². The Balaban J connectivity index is 1.43. The number of nitrogens with zero attached hydrogens (tertiary/aromatic N) is 4. The van der Waals surface area contributed by atoms with Gasteiger partial charge in [0.2, 0.25) is 0 Å². The molecule has 0 saturated carbocycles. The highest BCUT2D eigenvalue weighted by Gasteiger charge is 2.30. The number of carbonyl (C=O) groups is 1. The second-order valence-corrected chi connectivity index (χ2v) is 8.69. The maximum atomic E-state index is 13.0. The highest BCUT2D eigenvalue weighted by molar-refractivity contribution is 6.31. The normalized spacial score (nSPS) is 11.5. The lowest BCUT2D eigenvalue weighted by Gasteiger charge is -2.10. The van der Waals surface area contributed by atoms with Crippen LogP contribution in [0, 0.1) is 20.8 Å². The van der Waals surface area contributed by atoms with E-state index >= 15 is 0 Å². The van der Waals surface area contributed by atoms with Gasteiger partial charge in [0.05, 0.1) is 29.2 Å². The van der Waals surface area contributed by atoms with E-state index in [1.807, 2.05) is 13.0 Å². The molecule has 0 atom stereocenters. The molecule has 0 aliphatic heterocycles. The Morgan fingerprint density at radius 1 is 1.08 bits per heavy atom. The molecule has 2 aromatic carbocycles. The zero-order valence-corrected chi connectivity index (χ0v) is 20.5. The number of ether oxygens (including phenoxy) is 1. The second kappa shape index (κ2) is 10.1. The van der Waals surface area contributed by atoms with Crippen LogP contribution >= 0.6 is 11.6 Å². The van der Waals surface area contributed by atoms with Crippen molar-refractivity contribution in [1.29, 1.82) is 0 Å². The maximum absolute atomic E-state index is 13.0. The van der Waals surface area contributed by atoms with Crippen molar-refractivity contribution in [1.82, 2.24) is 19.6 Å². The molecule has 0 aliphatic rings. The third-order valence-electron chi connectivity index (χ3n) is 5.57. The number of hydrogen-bond donors (Lipinski definition) is 1. The number of nitrogens with one attached hydrogen (secondary N) is 1. The van der Waals surface area contributed by atoms with Crippen molar-refractivity contribution in [3.8, 4) is 5.75 Å². The van der Waals surface area contributed by atoms with Crippen LogP contribution in [0.15, 0.2) is 54.7 Å². The third-order valence-corrected chi connectivity index (χ3v) is 6.00. The fraction of sp³-hybridized carbons (Fsp3) is 0.240. The molecule has 0 aliphatic carbocycles. The lowest BCUT2D eigenvalue weighted by atomic mass is 10.1. The van der Waals surface area contributed by atoms with E-state index in [9.17, 15) is 18.0 Å². The first-order valence-corrected chi connectivity index (χ1v) is 11.3. The molecule has 188 valence electrons. The van der Waals surface area contributed by atoms with Crippen LogP contribution in [0.4, 0.5) is 18.9 Å². The second-order valence-electron chi connectivity index (χ2n) is 8.28. The Morgan fingerprint density at radius 3 is 2.58 bits per heavy atom. The number of halogens is 4. The van der Waals surface area contributed by atoms with Crippen molar-refractivity contribution in [3.63, 3.8) is 0 Å². The van der Waals surface area contributed by atoms with Gasteiger partial charge in [-0.15, -0.1) is 0 Å². The number of aryl methyl sites for hydroxylation is 2. The topological polar surface area (TPSA) is 74.0 Å². The van der Waals surface area contributed by atoms with Crippen LogP contribution in [-0.4, -0.2) is 25.5 Å². The number of alkyl halides is 3. The summed E-state index contributed by atoms with van der Waals surface area (Å²) in [6.45, 7) is 5.55. The average Bonchev–Trinajstić information content (AvgIpc) is 3.40. The fourth-order valence-electron chi connectivity index (χ4n) is 3.63. The summed E-state index contributed by atoms with van der Waals surface area (Å²) in [7, 11) is 0. The van der Waals surface area contributed by atoms with Crippen molar-refractivity contribution < 1.29 is 22.7 Å². The summed E-state index contributed by atoms with van der Waals surface area (Å²) in [5.41, 5.74) is 2.41. The molecule has 0 bridgehead atoms. The zero-order chi connectivity index (χ0) is 26.0. The van der Waals surface area contributed by atoms with Crippen LogP contribution in [0.3, 0.4) is 0 Å². The van der Waals surface area contributed by atoms with Crippen LogP contribution in [0.2, 0.25) is 5.02 Å². The Labute approximate surface area is 210 Å². The van der Waals surface area contributed by atoms with Crippen LogP contribution in [0.5, 0.6) is 5.75 Å². The highest BCUT2D eigenvalue weighted by atomic mass is 35.5. The minimum atomic E-state index is -4.42. The van der Waals surface area contributed by atoms with E-state index in [1.165, 1.54) is 10.7 Å². The summed E-state index contributed by atoms with van der Waals surface area (Å²) in [4.78, 5) is 12.8. The SMILES string of the molecule is Cc1cc(OCn2ccc(C(=O)Nc3c(C)nn(Cc4cccc(C(F)(F)F)c4)c3C)n2)ccc1Cl. The molecule has 2 aromatic heterocycles. The van der Waals surface area contributed by atoms with Gasteiger partial charge in [-0.05, 0) is 68.3 Å². The lowest BCUT2D eigenvalue weighted by molar-refractivity contribution is -0.137. The monoisotopic (exact) mass is 517 g/mol. The predicted molar refractivity (Wildman–Crippen MR) is 129 cm³/mol. The van der Waals surface area contributed by atoms with Gasteiger partial charge in [0.25, 0.3) is 5.91 Å². The summed E-state index contributed by atoms with van der Waals surface area (Å²) >= 11 is 6.02. The molecule has 0 saturated heterocycles. The minimum Gasteiger partial charge on any atom is -0.471 e. The summed E-state index contributed by atoms with van der Waals surface area (Å²) in [6, 6.07) is 11.9. The molecular weight excluding hydrogens is 495 g/mol. The largest absolute Gasteiger partial charge is 0.471 e. The Morgan fingerprint density at radius 2 is 1.86 bits per heavy atom. The molecule has 36 heavy (non-hydrogen) atoms. The molecule has 0 radical (unpaired) electrons. The quantitative estimate of drug-likeness (QED) is 0.325. The van der Waals surface area contributed by atoms with E-state index in [-0.39, 0.29) is 19.0 Å². The van der Waals surface area contributed by atoms with Crippen molar-refractivity contribution in [2.45, 2.75) is 40.2 Å². The van der Waals surface area contributed by atoms with E-state index in [1.54, 1.807) is 49.0 Å². The molecular formula is C25H23ClF3N5O2. The molecule has 1 amide bonds. The number of amides is 1. The highest BCUT2D eigenvalue weighted by Crippen LogP contribution is 2.30. The number of benzene rings is 2. The van der Waals surface area contributed by atoms with Crippen LogP contribution < -0.4 is 10.1 Å². The maximum Gasteiger partial charge on any atom is 0.416 e. The number of aromatic nitrogens is 4. The van der Waals surface area contributed by atoms with Gasteiger partial charge in [0.1, 0.15) is 5.75 Å². The summed E-state index contributed by atoms with van der Waals surface area (Å²) in [6.07, 6.45) is -2.80. The molecule has 7 nitrogen and oxygen atoms in total. The number of anilines is 1. The van der Waals surface area contributed by atoms with Gasteiger partial charge in [-0.3, -0.25) is 9.48 Å². The summed E-state index contributed by atoms with van der Waals surface area (Å²) in [5, 5.41) is 12.1. The lowest BCUT2D eigenvalue weighted by Crippen LogP contribution is -2.15. The van der Waals surface area contributed by atoms with Gasteiger partial charge in [0, 0.05) is 11.2 Å². The minimum absolute atomic E-state index is 0.0985. The summed E-state index contributed by atoms with van der Waals surface area (Å²) in [5.74, 6) is 0.179. The fourth-order valence-corrected chi connectivity index (χ4v) is 3.75. The van der Waals surface area contributed by atoms with Gasteiger partial charge in [-0.2, -0.15) is 23.4 Å². The van der Waals surface area contributed by atoms with Gasteiger partial charge in [-0.1, -0.05) is 23.7 Å². The van der Waals surface area contributed by atoms with Crippen molar-refractivity contribution in [2.75, 3.05) is 5.32 Å². The van der Waals surface area contributed by atoms with Crippen molar-refractivity contribution >= 4 is 23.2 Å². The molecule has 4 aromatic rings. The summed E-state index contributed by atoms with van der Waals surface area (Å²) < 4.78 is 47.8. The standard InChI is InChI=1S/C25H23ClF3N5O2/c1-15-11-20(7-8-21(15)26)36-14-33-10-9-22(32-33)24(35)30-23-16(2)31-34(17(23)3)13-18-5-4-6-19(12-18)25(27,28)29/h4-12H,13-14H2,1-3H3,(H,30,35). The van der Waals surface area contributed by atoms with E-state index in [0.717, 1.165) is 17.7 Å². The Bertz CT molecular complexity index is 1410. The number of rotatable bonds is 7. The van der Waals surface area contributed by atoms with E-state index < -0.39 is 17.6 Å². The van der Waals surface area contributed by atoms with Gasteiger partial charge in [-0.25, -0.2) is 4.68 Å². The zero-order valence-electron chi connectivity index (χ0n) is 19.7. The first kappa shape index (κ1) is 25.3. The Hall–Kier alpha value is -3.79. The molecule has 4 rings (SSSR count). The third kappa shape index (κ3) is 5.71. The first-order chi connectivity index (χ1) is 17.0. The molecule has 11 heteroatoms. The van der Waals surface area contributed by atoms with E-state index in [0.29, 0.717) is 33.4 Å². The van der Waals surface area contributed by atoms with Crippen molar-refractivity contribution in [2.24, 2.45) is 0 Å². The first-order valence-electron chi connectivity index (χ1n) is 10.9. The van der Waals surface area contributed by atoms with Crippen LogP contribution in [0.1, 0.15) is 38.6 Å². The average molecular weight is 518 g/mol. The Kier molecular flexibility index (Phi) is 7.07. The molecule has 2 heterocycles. The number of hydrogen-bond acceptors (Lipinski definition) is 4. The van der Waals surface area contributed by atoms with Crippen molar-refractivity contribution in [3.05, 3.63) is 93.5 Å². The molecule has 0 spiro atoms. The van der Waals surface area contributed by atoms with Crippen LogP contribution in [-0.2, 0) is 19.5 Å². The molecule has 1 N–H and O–H groups in total. The molecule has 0 unspecified atom stereocenters. The van der Waals surface area contributed by atoms with E-state index in [2.05, 4.69) is 15.5 Å². The predicted octanol–water partition coefficient (Wildman–Crippen LogP) is 6.01. The van der Waals surface area contributed by atoms with Gasteiger partial charge < -0.3 is 10.1 Å².